The van der Waals surface area contributed by atoms with E-state index in [1.165, 1.54) is 0 Å². The minimum atomic E-state index is -0.649. The highest BCUT2D eigenvalue weighted by atomic mass is 32.1. The van der Waals surface area contributed by atoms with Gasteiger partial charge in [0, 0.05) is 26.2 Å². The number of nitrogens with two attached hydrogens (primary N) is 1. The summed E-state index contributed by atoms with van der Waals surface area (Å²) in [6.45, 7) is 8.16. The molecule has 3 N–H and O–H groups in total. The summed E-state index contributed by atoms with van der Waals surface area (Å²) >= 11 is 0.994. The average molecular weight is 475 g/mol. The summed E-state index contributed by atoms with van der Waals surface area (Å²) in [5.74, 6) is -0.685. The number of rotatable bonds is 8. The van der Waals surface area contributed by atoms with Crippen molar-refractivity contribution in [1.29, 1.82) is 0 Å². The molecule has 2 amide bonds. The first-order valence-corrected chi connectivity index (χ1v) is 11.6. The van der Waals surface area contributed by atoms with Crippen molar-refractivity contribution in [1.82, 2.24) is 4.90 Å². The number of hydrogen-bond acceptors (Lipinski definition) is 8. The molecule has 1 aromatic carbocycles. The molecule has 0 bridgehead atoms. The van der Waals surface area contributed by atoms with Crippen molar-refractivity contribution in [3.05, 3.63) is 40.3 Å². The summed E-state index contributed by atoms with van der Waals surface area (Å²) in [6, 6.07) is 7.86. The Morgan fingerprint density at radius 3 is 2.42 bits per heavy atom. The van der Waals surface area contributed by atoms with Gasteiger partial charge in [-0.15, -0.1) is 11.3 Å². The van der Waals surface area contributed by atoms with Gasteiger partial charge < -0.3 is 25.4 Å². The Kier molecular flexibility index (Phi) is 7.93. The standard InChI is InChI=1S/C23H30N4O5S/c1-14(2)32-23(30)19-15(3)20(21(24)29)33-22(19)25-18(28)13-26-9-11-27(12-10-26)16-7-5-6-8-17(16)31-4/h5-8,14H,9-13H2,1-4H3,(H2,24,29)(H,25,28). The van der Waals surface area contributed by atoms with Gasteiger partial charge in [-0.3, -0.25) is 14.5 Å². The molecule has 1 saturated heterocycles. The predicted molar refractivity (Wildman–Crippen MR) is 128 cm³/mol. The summed E-state index contributed by atoms with van der Waals surface area (Å²) in [5.41, 5.74) is 7.07. The topological polar surface area (TPSA) is 114 Å². The number of benzene rings is 1. The average Bonchev–Trinajstić information content (AvgIpc) is 3.09. The maximum atomic E-state index is 12.8. The van der Waals surface area contributed by atoms with E-state index in [9.17, 15) is 14.4 Å². The Hall–Kier alpha value is -3.11. The van der Waals surface area contributed by atoms with E-state index in [2.05, 4.69) is 10.2 Å². The normalized spacial score (nSPS) is 14.3. The van der Waals surface area contributed by atoms with E-state index in [0.717, 1.165) is 35.9 Å². The van der Waals surface area contributed by atoms with Gasteiger partial charge >= 0.3 is 5.97 Å². The van der Waals surface area contributed by atoms with Crippen molar-refractivity contribution >= 4 is 39.8 Å². The second-order valence-electron chi connectivity index (χ2n) is 8.06. The Morgan fingerprint density at radius 1 is 1.15 bits per heavy atom. The SMILES string of the molecule is COc1ccccc1N1CCN(CC(=O)Nc2sc(C(N)=O)c(C)c2C(=O)OC(C)C)CC1. The van der Waals surface area contributed by atoms with Crippen molar-refractivity contribution in [3.63, 3.8) is 0 Å². The van der Waals surface area contributed by atoms with Gasteiger partial charge in [-0.05, 0) is 38.5 Å². The fraction of sp³-hybridized carbons (Fsp3) is 0.435. The molecule has 178 valence electrons. The van der Waals surface area contributed by atoms with Gasteiger partial charge in [0.05, 0.1) is 35.9 Å². The second-order valence-corrected chi connectivity index (χ2v) is 9.08. The number of amides is 2. The zero-order valence-corrected chi connectivity index (χ0v) is 20.2. The molecule has 0 radical (unpaired) electrons. The van der Waals surface area contributed by atoms with Crippen LogP contribution in [0.4, 0.5) is 10.7 Å². The van der Waals surface area contributed by atoms with E-state index >= 15 is 0 Å². The monoisotopic (exact) mass is 474 g/mol. The minimum absolute atomic E-state index is 0.168. The molecule has 10 heteroatoms. The number of para-hydroxylation sites is 2. The van der Waals surface area contributed by atoms with Crippen LogP contribution in [0.3, 0.4) is 0 Å². The van der Waals surface area contributed by atoms with Gasteiger partial charge in [0.25, 0.3) is 5.91 Å². The van der Waals surface area contributed by atoms with Crippen LogP contribution in [0.15, 0.2) is 24.3 Å². The van der Waals surface area contributed by atoms with Gasteiger partial charge in [0.1, 0.15) is 10.8 Å². The highest BCUT2D eigenvalue weighted by Gasteiger charge is 2.27. The highest BCUT2D eigenvalue weighted by molar-refractivity contribution is 7.18. The van der Waals surface area contributed by atoms with Crippen molar-refractivity contribution < 1.29 is 23.9 Å². The van der Waals surface area contributed by atoms with E-state index in [-0.39, 0.29) is 34.0 Å². The molecule has 3 rings (SSSR count). The third-order valence-electron chi connectivity index (χ3n) is 5.34. The fourth-order valence-corrected chi connectivity index (χ4v) is 4.83. The first-order valence-electron chi connectivity index (χ1n) is 10.8. The van der Waals surface area contributed by atoms with Crippen LogP contribution >= 0.6 is 11.3 Å². The summed E-state index contributed by atoms with van der Waals surface area (Å²) in [5, 5.41) is 3.07. The number of methoxy groups -OCH3 is 1. The molecule has 2 aromatic rings. The van der Waals surface area contributed by atoms with Gasteiger partial charge in [0.2, 0.25) is 5.91 Å². The lowest BCUT2D eigenvalue weighted by molar-refractivity contribution is -0.117. The first-order chi connectivity index (χ1) is 15.7. The lowest BCUT2D eigenvalue weighted by Gasteiger charge is -2.36. The lowest BCUT2D eigenvalue weighted by atomic mass is 10.1. The fourth-order valence-electron chi connectivity index (χ4n) is 3.76. The Morgan fingerprint density at radius 2 is 1.82 bits per heavy atom. The Bertz CT molecular complexity index is 1030. The number of hydrogen-bond donors (Lipinski definition) is 2. The first kappa shape index (κ1) is 24.5. The zero-order chi connectivity index (χ0) is 24.1. The third-order valence-corrected chi connectivity index (χ3v) is 6.56. The minimum Gasteiger partial charge on any atom is -0.495 e. The Labute approximate surface area is 197 Å². The highest BCUT2D eigenvalue weighted by Crippen LogP contribution is 2.34. The molecule has 0 atom stereocenters. The number of carbonyl (C=O) groups excluding carboxylic acids is 3. The summed E-state index contributed by atoms with van der Waals surface area (Å²) < 4.78 is 10.7. The van der Waals surface area contributed by atoms with Crippen LogP contribution < -0.4 is 20.7 Å². The number of primary amides is 1. The van der Waals surface area contributed by atoms with E-state index in [1.54, 1.807) is 27.9 Å². The summed E-state index contributed by atoms with van der Waals surface area (Å²) in [7, 11) is 1.65. The molecule has 2 heterocycles. The van der Waals surface area contributed by atoms with Gasteiger partial charge in [0.15, 0.2) is 0 Å². The molecule has 1 aliphatic rings. The zero-order valence-electron chi connectivity index (χ0n) is 19.3. The summed E-state index contributed by atoms with van der Waals surface area (Å²) in [4.78, 5) is 41.6. The number of nitrogens with one attached hydrogen (secondary N) is 1. The number of anilines is 2. The molecule has 1 fully saturated rings. The number of nitrogens with zero attached hydrogens (tertiary/aromatic N) is 2. The van der Waals surface area contributed by atoms with Gasteiger partial charge in [-0.1, -0.05) is 12.1 Å². The molecule has 1 aliphatic heterocycles. The van der Waals surface area contributed by atoms with Gasteiger partial charge in [-0.2, -0.15) is 0 Å². The molecular formula is C23H30N4O5S. The molecular weight excluding hydrogens is 444 g/mol. The number of piperazine rings is 1. The smallest absolute Gasteiger partial charge is 0.341 e. The van der Waals surface area contributed by atoms with E-state index in [0.29, 0.717) is 18.7 Å². The van der Waals surface area contributed by atoms with Crippen LogP contribution in [0.5, 0.6) is 5.75 Å². The quantitative estimate of drug-likeness (QED) is 0.565. The van der Waals surface area contributed by atoms with Crippen LogP contribution in [0.1, 0.15) is 39.4 Å². The summed E-state index contributed by atoms with van der Waals surface area (Å²) in [6.07, 6.45) is -0.336. The number of ether oxygens (including phenoxy) is 2. The lowest BCUT2D eigenvalue weighted by Crippen LogP contribution is -2.48. The predicted octanol–water partition coefficient (Wildman–Crippen LogP) is 2.49. The van der Waals surface area contributed by atoms with Gasteiger partial charge in [-0.25, -0.2) is 4.79 Å². The van der Waals surface area contributed by atoms with E-state index in [4.69, 9.17) is 15.2 Å². The van der Waals surface area contributed by atoms with Crippen LogP contribution in [0.25, 0.3) is 0 Å². The Balaban J connectivity index is 1.65. The molecule has 1 aromatic heterocycles. The molecule has 9 nitrogen and oxygen atoms in total. The third kappa shape index (κ3) is 5.82. The molecule has 0 saturated carbocycles. The van der Waals surface area contributed by atoms with Crippen molar-refractivity contribution in [3.8, 4) is 5.75 Å². The maximum Gasteiger partial charge on any atom is 0.341 e. The van der Waals surface area contributed by atoms with Crippen molar-refractivity contribution in [2.75, 3.05) is 50.1 Å². The molecule has 33 heavy (non-hydrogen) atoms. The molecule has 0 spiro atoms. The van der Waals surface area contributed by atoms with Crippen LogP contribution in [0.2, 0.25) is 0 Å². The number of thiophene rings is 1. The number of carbonyl (C=O) groups is 3. The van der Waals surface area contributed by atoms with E-state index in [1.807, 2.05) is 29.2 Å². The second kappa shape index (κ2) is 10.7. The van der Waals surface area contributed by atoms with Crippen molar-refractivity contribution in [2.45, 2.75) is 26.9 Å². The van der Waals surface area contributed by atoms with Crippen molar-refractivity contribution in [2.24, 2.45) is 5.73 Å². The van der Waals surface area contributed by atoms with Crippen LogP contribution in [-0.2, 0) is 9.53 Å². The largest absolute Gasteiger partial charge is 0.495 e. The molecule has 0 unspecified atom stereocenters. The van der Waals surface area contributed by atoms with Crippen LogP contribution in [0, 0.1) is 6.92 Å². The maximum absolute atomic E-state index is 12.8. The number of esters is 1. The molecule has 0 aliphatic carbocycles. The van der Waals surface area contributed by atoms with Crippen LogP contribution in [-0.4, -0.2) is 68.6 Å². The van der Waals surface area contributed by atoms with E-state index < -0.39 is 11.9 Å².